The summed E-state index contributed by atoms with van der Waals surface area (Å²) in [5.41, 5.74) is -0.232. The zero-order valence-electron chi connectivity index (χ0n) is 12.1. The molecule has 3 nitrogen and oxygen atoms in total. The molecule has 112 valence electrons. The Morgan fingerprint density at radius 3 is 2.20 bits per heavy atom. The molecule has 0 amide bonds. The molecule has 1 aromatic rings. The highest BCUT2D eigenvalue weighted by Gasteiger charge is 2.33. The standard InChI is InChI=1S/C15H21F2NO2/c1-15(2,3)20-13-6-4-12(5-7-13)19-10-18-8-11(9-18)14(16)17/h4-7,11,14H,8-10H2,1-3H3. The first-order chi connectivity index (χ1) is 9.33. The molecule has 0 atom stereocenters. The fourth-order valence-electron chi connectivity index (χ4n) is 2.00. The predicted octanol–water partition coefficient (Wildman–Crippen LogP) is 3.40. The monoisotopic (exact) mass is 285 g/mol. The van der Waals surface area contributed by atoms with E-state index in [1.54, 1.807) is 0 Å². The van der Waals surface area contributed by atoms with Gasteiger partial charge in [-0.3, -0.25) is 4.90 Å². The minimum atomic E-state index is -2.22. The van der Waals surface area contributed by atoms with Crippen LogP contribution in [0.25, 0.3) is 0 Å². The quantitative estimate of drug-likeness (QED) is 0.827. The van der Waals surface area contributed by atoms with Gasteiger partial charge in [-0.15, -0.1) is 0 Å². The molecule has 0 spiro atoms. The molecule has 2 rings (SSSR count). The van der Waals surface area contributed by atoms with Crippen molar-refractivity contribution in [1.29, 1.82) is 0 Å². The number of ether oxygens (including phenoxy) is 2. The van der Waals surface area contributed by atoms with Crippen molar-refractivity contribution in [3.05, 3.63) is 24.3 Å². The van der Waals surface area contributed by atoms with Crippen LogP contribution >= 0.6 is 0 Å². The maximum absolute atomic E-state index is 12.3. The molecule has 20 heavy (non-hydrogen) atoms. The Morgan fingerprint density at radius 1 is 1.15 bits per heavy atom. The first kappa shape index (κ1) is 15.0. The Kier molecular flexibility index (Phi) is 4.48. The van der Waals surface area contributed by atoms with E-state index in [1.807, 2.05) is 49.9 Å². The first-order valence-electron chi connectivity index (χ1n) is 6.76. The summed E-state index contributed by atoms with van der Waals surface area (Å²) < 4.78 is 35.9. The molecule has 0 saturated carbocycles. The van der Waals surface area contributed by atoms with Gasteiger partial charge in [-0.25, -0.2) is 8.78 Å². The second kappa shape index (κ2) is 5.95. The van der Waals surface area contributed by atoms with Gasteiger partial charge in [0.05, 0.1) is 0 Å². The van der Waals surface area contributed by atoms with Crippen LogP contribution in [0.4, 0.5) is 8.78 Å². The molecule has 1 aliphatic heterocycles. The second-order valence-corrected chi connectivity index (χ2v) is 6.09. The predicted molar refractivity (Wildman–Crippen MR) is 73.4 cm³/mol. The molecule has 0 aromatic heterocycles. The Balaban J connectivity index is 1.75. The molecule has 0 bridgehead atoms. The van der Waals surface area contributed by atoms with Gasteiger partial charge in [-0.1, -0.05) is 0 Å². The summed E-state index contributed by atoms with van der Waals surface area (Å²) in [7, 11) is 0. The van der Waals surface area contributed by atoms with Crippen molar-refractivity contribution in [2.45, 2.75) is 32.8 Å². The third-order valence-electron chi connectivity index (χ3n) is 3.00. The lowest BCUT2D eigenvalue weighted by molar-refractivity contribution is -0.0523. The third-order valence-corrected chi connectivity index (χ3v) is 3.00. The Bertz CT molecular complexity index is 422. The van der Waals surface area contributed by atoms with Gasteiger partial charge in [-0.2, -0.15) is 0 Å². The molecule has 1 heterocycles. The van der Waals surface area contributed by atoms with Gasteiger partial charge in [0.15, 0.2) is 0 Å². The maximum atomic E-state index is 12.3. The average molecular weight is 285 g/mol. The van der Waals surface area contributed by atoms with Crippen molar-refractivity contribution in [2.24, 2.45) is 5.92 Å². The van der Waals surface area contributed by atoms with Crippen molar-refractivity contribution in [2.75, 3.05) is 19.8 Å². The molecule has 0 N–H and O–H groups in total. The van der Waals surface area contributed by atoms with Crippen LogP contribution in [0.2, 0.25) is 0 Å². The lowest BCUT2D eigenvalue weighted by Crippen LogP contribution is -2.51. The van der Waals surface area contributed by atoms with Gasteiger partial charge in [0.1, 0.15) is 23.8 Å². The Hall–Kier alpha value is -1.36. The van der Waals surface area contributed by atoms with E-state index < -0.39 is 12.3 Å². The van der Waals surface area contributed by atoms with E-state index in [2.05, 4.69) is 0 Å². The highest BCUT2D eigenvalue weighted by atomic mass is 19.3. The molecule has 1 aliphatic rings. The lowest BCUT2D eigenvalue weighted by atomic mass is 10.0. The number of alkyl halides is 2. The van der Waals surface area contributed by atoms with E-state index >= 15 is 0 Å². The molecule has 1 fully saturated rings. The third kappa shape index (κ3) is 4.34. The highest BCUT2D eigenvalue weighted by molar-refractivity contribution is 5.31. The summed E-state index contributed by atoms with van der Waals surface area (Å²) in [5, 5.41) is 0. The van der Waals surface area contributed by atoms with Crippen molar-refractivity contribution < 1.29 is 18.3 Å². The smallest absolute Gasteiger partial charge is 0.243 e. The van der Waals surface area contributed by atoms with Gasteiger partial charge < -0.3 is 9.47 Å². The number of hydrogen-bond donors (Lipinski definition) is 0. The molecule has 5 heteroatoms. The van der Waals surface area contributed by atoms with E-state index in [-0.39, 0.29) is 5.60 Å². The zero-order chi connectivity index (χ0) is 14.8. The van der Waals surface area contributed by atoms with Crippen LogP contribution in [-0.2, 0) is 0 Å². The maximum Gasteiger partial charge on any atom is 0.243 e. The number of nitrogens with zero attached hydrogens (tertiary/aromatic N) is 1. The average Bonchev–Trinajstić information content (AvgIpc) is 2.26. The van der Waals surface area contributed by atoms with E-state index in [9.17, 15) is 8.78 Å². The summed E-state index contributed by atoms with van der Waals surface area (Å²) >= 11 is 0. The van der Waals surface area contributed by atoms with Crippen LogP contribution in [0.1, 0.15) is 20.8 Å². The van der Waals surface area contributed by atoms with Crippen LogP contribution in [-0.4, -0.2) is 36.7 Å². The van der Waals surface area contributed by atoms with Crippen LogP contribution in [0.5, 0.6) is 11.5 Å². The van der Waals surface area contributed by atoms with Crippen molar-refractivity contribution >= 4 is 0 Å². The molecule has 1 aromatic carbocycles. The van der Waals surface area contributed by atoms with Crippen molar-refractivity contribution in [1.82, 2.24) is 4.90 Å². The topological polar surface area (TPSA) is 21.7 Å². The lowest BCUT2D eigenvalue weighted by Gasteiger charge is -2.38. The summed E-state index contributed by atoms with van der Waals surface area (Å²) in [6.45, 7) is 7.12. The van der Waals surface area contributed by atoms with E-state index in [0.717, 1.165) is 5.75 Å². The molecular formula is C15H21F2NO2. The van der Waals surface area contributed by atoms with Crippen LogP contribution < -0.4 is 9.47 Å². The van der Waals surface area contributed by atoms with Crippen LogP contribution in [0.15, 0.2) is 24.3 Å². The van der Waals surface area contributed by atoms with E-state index in [1.165, 1.54) is 0 Å². The number of hydrogen-bond acceptors (Lipinski definition) is 3. The van der Waals surface area contributed by atoms with E-state index in [0.29, 0.717) is 25.6 Å². The van der Waals surface area contributed by atoms with Crippen molar-refractivity contribution in [3.8, 4) is 11.5 Å². The summed E-state index contributed by atoms with van der Waals surface area (Å²) in [6.07, 6.45) is -2.22. The van der Waals surface area contributed by atoms with Gasteiger partial charge in [0, 0.05) is 19.0 Å². The molecule has 0 aliphatic carbocycles. The first-order valence-corrected chi connectivity index (χ1v) is 6.76. The van der Waals surface area contributed by atoms with Crippen molar-refractivity contribution in [3.63, 3.8) is 0 Å². The van der Waals surface area contributed by atoms with Crippen LogP contribution in [0, 0.1) is 5.92 Å². The van der Waals surface area contributed by atoms with E-state index in [4.69, 9.17) is 9.47 Å². The van der Waals surface area contributed by atoms with Gasteiger partial charge >= 0.3 is 0 Å². The fourth-order valence-corrected chi connectivity index (χ4v) is 2.00. The molecular weight excluding hydrogens is 264 g/mol. The molecule has 1 saturated heterocycles. The summed E-state index contributed by atoms with van der Waals surface area (Å²) in [6, 6.07) is 7.34. The minimum absolute atomic E-state index is 0.232. The normalized spacial score (nSPS) is 17.1. The van der Waals surface area contributed by atoms with Crippen LogP contribution in [0.3, 0.4) is 0 Å². The second-order valence-electron chi connectivity index (χ2n) is 6.09. The largest absolute Gasteiger partial charge is 0.488 e. The fraction of sp³-hybridized carbons (Fsp3) is 0.600. The van der Waals surface area contributed by atoms with Gasteiger partial charge in [-0.05, 0) is 45.0 Å². The van der Waals surface area contributed by atoms with Gasteiger partial charge in [0.2, 0.25) is 6.43 Å². The Labute approximate surface area is 118 Å². The number of halogens is 2. The Morgan fingerprint density at radius 2 is 1.70 bits per heavy atom. The molecule has 0 unspecified atom stereocenters. The van der Waals surface area contributed by atoms with Gasteiger partial charge in [0.25, 0.3) is 0 Å². The minimum Gasteiger partial charge on any atom is -0.488 e. The molecule has 0 radical (unpaired) electrons. The highest BCUT2D eigenvalue weighted by Crippen LogP contribution is 2.24. The SMILES string of the molecule is CC(C)(C)Oc1ccc(OCN2CC(C(F)F)C2)cc1. The number of likely N-dealkylation sites (tertiary alicyclic amines) is 1. The summed E-state index contributed by atoms with van der Waals surface area (Å²) in [4.78, 5) is 1.86. The number of benzene rings is 1. The zero-order valence-corrected chi connectivity index (χ0v) is 12.1. The summed E-state index contributed by atoms with van der Waals surface area (Å²) in [5.74, 6) is 1.000. The number of rotatable bonds is 5.